The lowest BCUT2D eigenvalue weighted by molar-refractivity contribution is -0.384. The number of carbonyl (C=O) groups is 1. The standard InChI is InChI=1S/C18H15N3O5S2/c1-12-5-7-15(8-6-12)28(25,26)11-17(22)20-18-19-16(10-27-18)13-3-2-4-14(9-13)21(23)24/h2-10H,11H2,1H3,(H,19,20,22). The lowest BCUT2D eigenvalue weighted by atomic mass is 10.1. The maximum atomic E-state index is 12.3. The fraction of sp³-hybridized carbons (Fsp3) is 0.111. The Kier molecular flexibility index (Phi) is 5.52. The molecule has 0 atom stereocenters. The number of sulfone groups is 1. The summed E-state index contributed by atoms with van der Waals surface area (Å²) in [5.74, 6) is -1.41. The van der Waals surface area contributed by atoms with E-state index in [-0.39, 0.29) is 15.7 Å². The molecule has 0 fully saturated rings. The van der Waals surface area contributed by atoms with Crippen molar-refractivity contribution in [1.82, 2.24) is 4.98 Å². The summed E-state index contributed by atoms with van der Waals surface area (Å²) in [6.07, 6.45) is 0. The summed E-state index contributed by atoms with van der Waals surface area (Å²) in [7, 11) is -3.77. The minimum Gasteiger partial charge on any atom is -0.301 e. The van der Waals surface area contributed by atoms with Crippen LogP contribution in [0.3, 0.4) is 0 Å². The zero-order valence-electron chi connectivity index (χ0n) is 14.7. The van der Waals surface area contributed by atoms with Crippen LogP contribution in [-0.4, -0.2) is 30.0 Å². The monoisotopic (exact) mass is 417 g/mol. The van der Waals surface area contributed by atoms with Crippen LogP contribution in [0.25, 0.3) is 11.3 Å². The lowest BCUT2D eigenvalue weighted by Crippen LogP contribution is -2.22. The summed E-state index contributed by atoms with van der Waals surface area (Å²) in [6.45, 7) is 1.84. The molecule has 1 N–H and O–H groups in total. The molecule has 0 saturated carbocycles. The summed E-state index contributed by atoms with van der Waals surface area (Å²) in [4.78, 5) is 26.8. The Hall–Kier alpha value is -3.11. The second kappa shape index (κ2) is 7.87. The molecule has 0 saturated heterocycles. The van der Waals surface area contributed by atoms with Gasteiger partial charge in [0, 0.05) is 23.1 Å². The van der Waals surface area contributed by atoms with Crippen molar-refractivity contribution in [3.63, 3.8) is 0 Å². The van der Waals surface area contributed by atoms with Gasteiger partial charge in [-0.15, -0.1) is 11.3 Å². The largest absolute Gasteiger partial charge is 0.301 e. The SMILES string of the molecule is Cc1ccc(S(=O)(=O)CC(=O)Nc2nc(-c3cccc([N+](=O)[O-])c3)cs2)cc1. The van der Waals surface area contributed by atoms with Crippen LogP contribution in [-0.2, 0) is 14.6 Å². The molecule has 28 heavy (non-hydrogen) atoms. The summed E-state index contributed by atoms with van der Waals surface area (Å²) < 4.78 is 24.7. The molecule has 0 aliphatic carbocycles. The Balaban J connectivity index is 1.71. The van der Waals surface area contributed by atoms with E-state index in [1.165, 1.54) is 24.3 Å². The van der Waals surface area contributed by atoms with E-state index in [0.29, 0.717) is 11.3 Å². The highest BCUT2D eigenvalue weighted by molar-refractivity contribution is 7.92. The molecule has 1 aromatic heterocycles. The molecule has 8 nitrogen and oxygen atoms in total. The molecule has 0 aliphatic rings. The van der Waals surface area contributed by atoms with Gasteiger partial charge in [-0.1, -0.05) is 29.8 Å². The van der Waals surface area contributed by atoms with Crippen LogP contribution in [0.5, 0.6) is 0 Å². The highest BCUT2D eigenvalue weighted by atomic mass is 32.2. The number of nitrogens with zero attached hydrogens (tertiary/aromatic N) is 2. The summed E-state index contributed by atoms with van der Waals surface area (Å²) in [6, 6.07) is 12.2. The van der Waals surface area contributed by atoms with Gasteiger partial charge in [-0.25, -0.2) is 13.4 Å². The van der Waals surface area contributed by atoms with Crippen LogP contribution < -0.4 is 5.32 Å². The minimum atomic E-state index is -3.77. The van der Waals surface area contributed by atoms with Gasteiger partial charge in [-0.05, 0) is 19.1 Å². The Morgan fingerprint density at radius 3 is 2.61 bits per heavy atom. The maximum Gasteiger partial charge on any atom is 0.270 e. The van der Waals surface area contributed by atoms with Crippen LogP contribution in [0.15, 0.2) is 58.8 Å². The van der Waals surface area contributed by atoms with Crippen LogP contribution in [0.4, 0.5) is 10.8 Å². The summed E-state index contributed by atoms with van der Waals surface area (Å²) >= 11 is 1.10. The first-order valence-corrected chi connectivity index (χ1v) is 10.6. The number of amides is 1. The number of nitro groups is 1. The molecule has 0 unspecified atom stereocenters. The molecule has 1 amide bonds. The van der Waals surface area contributed by atoms with E-state index in [0.717, 1.165) is 16.9 Å². The Morgan fingerprint density at radius 1 is 1.21 bits per heavy atom. The first kappa shape index (κ1) is 19.6. The number of hydrogen-bond acceptors (Lipinski definition) is 7. The smallest absolute Gasteiger partial charge is 0.270 e. The number of rotatable bonds is 6. The van der Waals surface area contributed by atoms with Crippen molar-refractivity contribution >= 4 is 37.9 Å². The lowest BCUT2D eigenvalue weighted by Gasteiger charge is -2.05. The number of nitro benzene ring substituents is 1. The van der Waals surface area contributed by atoms with Crippen LogP contribution in [0.1, 0.15) is 5.56 Å². The first-order chi connectivity index (χ1) is 13.2. The van der Waals surface area contributed by atoms with Gasteiger partial charge in [0.1, 0.15) is 5.75 Å². The van der Waals surface area contributed by atoms with E-state index < -0.39 is 26.4 Å². The normalized spacial score (nSPS) is 11.2. The average molecular weight is 417 g/mol. The topological polar surface area (TPSA) is 119 Å². The highest BCUT2D eigenvalue weighted by Gasteiger charge is 2.20. The molecule has 2 aromatic carbocycles. The number of aryl methyl sites for hydroxylation is 1. The molecule has 144 valence electrons. The zero-order valence-corrected chi connectivity index (χ0v) is 16.3. The van der Waals surface area contributed by atoms with Gasteiger partial charge >= 0.3 is 0 Å². The second-order valence-electron chi connectivity index (χ2n) is 5.97. The molecule has 3 rings (SSSR count). The molecule has 1 heterocycles. The number of hydrogen-bond donors (Lipinski definition) is 1. The predicted molar refractivity (Wildman–Crippen MR) is 106 cm³/mol. The number of thiazole rings is 1. The molecular formula is C18H15N3O5S2. The van der Waals surface area contributed by atoms with Crippen molar-refractivity contribution in [2.75, 3.05) is 11.1 Å². The van der Waals surface area contributed by atoms with Gasteiger partial charge in [0.2, 0.25) is 5.91 Å². The number of anilines is 1. The molecule has 0 spiro atoms. The van der Waals surface area contributed by atoms with Crippen LogP contribution in [0.2, 0.25) is 0 Å². The van der Waals surface area contributed by atoms with E-state index in [2.05, 4.69) is 10.3 Å². The zero-order chi connectivity index (χ0) is 20.3. The average Bonchev–Trinajstić information content (AvgIpc) is 3.10. The molecular weight excluding hydrogens is 402 g/mol. The number of non-ortho nitro benzene ring substituents is 1. The van der Waals surface area contributed by atoms with Gasteiger partial charge in [-0.3, -0.25) is 14.9 Å². The summed E-state index contributed by atoms with van der Waals surface area (Å²) in [5.41, 5.74) is 1.82. The van der Waals surface area contributed by atoms with Crippen molar-refractivity contribution in [2.24, 2.45) is 0 Å². The molecule has 0 radical (unpaired) electrons. The van der Waals surface area contributed by atoms with E-state index in [9.17, 15) is 23.3 Å². The maximum absolute atomic E-state index is 12.3. The van der Waals surface area contributed by atoms with Crippen molar-refractivity contribution in [3.05, 3.63) is 69.6 Å². The third-order valence-corrected chi connectivity index (χ3v) is 6.19. The van der Waals surface area contributed by atoms with Gasteiger partial charge in [-0.2, -0.15) is 0 Å². The molecule has 3 aromatic rings. The number of aromatic nitrogens is 1. The molecule has 0 aliphatic heterocycles. The third kappa shape index (κ3) is 4.59. The Bertz CT molecular complexity index is 1140. The van der Waals surface area contributed by atoms with E-state index in [4.69, 9.17) is 0 Å². The highest BCUT2D eigenvalue weighted by Crippen LogP contribution is 2.27. The molecule has 10 heteroatoms. The fourth-order valence-corrected chi connectivity index (χ4v) is 4.27. The first-order valence-electron chi connectivity index (χ1n) is 8.04. The van der Waals surface area contributed by atoms with Crippen molar-refractivity contribution < 1.29 is 18.1 Å². The predicted octanol–water partition coefficient (Wildman–Crippen LogP) is 3.44. The molecule has 0 bridgehead atoms. The quantitative estimate of drug-likeness (QED) is 0.485. The van der Waals surface area contributed by atoms with Crippen molar-refractivity contribution in [1.29, 1.82) is 0 Å². The van der Waals surface area contributed by atoms with Gasteiger partial charge in [0.05, 0.1) is 15.5 Å². The summed E-state index contributed by atoms with van der Waals surface area (Å²) in [5, 5.41) is 15.2. The van der Waals surface area contributed by atoms with E-state index >= 15 is 0 Å². The Labute approximate surface area is 164 Å². The third-order valence-electron chi connectivity index (χ3n) is 3.80. The van der Waals surface area contributed by atoms with E-state index in [1.807, 2.05) is 6.92 Å². The number of nitrogens with one attached hydrogen (secondary N) is 1. The van der Waals surface area contributed by atoms with Gasteiger partial charge < -0.3 is 5.32 Å². The van der Waals surface area contributed by atoms with E-state index in [1.54, 1.807) is 29.6 Å². The minimum absolute atomic E-state index is 0.0692. The van der Waals surface area contributed by atoms with Crippen LogP contribution in [0, 0.1) is 17.0 Å². The number of benzene rings is 2. The number of carbonyl (C=O) groups excluding carboxylic acids is 1. The van der Waals surface area contributed by atoms with Crippen LogP contribution >= 0.6 is 11.3 Å². The van der Waals surface area contributed by atoms with Crippen molar-refractivity contribution in [2.45, 2.75) is 11.8 Å². The van der Waals surface area contributed by atoms with Crippen molar-refractivity contribution in [3.8, 4) is 11.3 Å². The Morgan fingerprint density at radius 2 is 1.93 bits per heavy atom. The second-order valence-corrected chi connectivity index (χ2v) is 8.81. The van der Waals surface area contributed by atoms with Gasteiger partial charge in [0.15, 0.2) is 15.0 Å². The van der Waals surface area contributed by atoms with Gasteiger partial charge in [0.25, 0.3) is 5.69 Å². The fourth-order valence-electron chi connectivity index (χ4n) is 2.40.